The van der Waals surface area contributed by atoms with E-state index in [9.17, 15) is 4.79 Å². The average Bonchev–Trinajstić information content (AvgIpc) is 2.46. The van der Waals surface area contributed by atoms with Gasteiger partial charge in [-0.2, -0.15) is 0 Å². The maximum Gasteiger partial charge on any atom is 0.231 e. The summed E-state index contributed by atoms with van der Waals surface area (Å²) in [4.78, 5) is 13.0. The van der Waals surface area contributed by atoms with Gasteiger partial charge in [0.2, 0.25) is 5.91 Å². The number of aryl methyl sites for hydroxylation is 1. The fraction of sp³-hybridized carbons (Fsp3) is 0.562. The van der Waals surface area contributed by atoms with Crippen LogP contribution in [0.4, 0.5) is 0 Å². The SMILES string of the molecule is CCc1ccc(CNC2CCN(CC(N)=O)CC2)cc1. The summed E-state index contributed by atoms with van der Waals surface area (Å²) in [5.74, 6) is -0.229. The number of rotatable bonds is 6. The van der Waals surface area contributed by atoms with Crippen LogP contribution in [-0.4, -0.2) is 36.5 Å². The van der Waals surface area contributed by atoms with Crippen LogP contribution in [0.15, 0.2) is 24.3 Å². The highest BCUT2D eigenvalue weighted by atomic mass is 16.1. The molecule has 4 heteroatoms. The molecule has 1 aliphatic rings. The van der Waals surface area contributed by atoms with Gasteiger partial charge in [-0.1, -0.05) is 31.2 Å². The lowest BCUT2D eigenvalue weighted by molar-refractivity contribution is -0.119. The molecule has 0 saturated carbocycles. The van der Waals surface area contributed by atoms with Crippen molar-refractivity contribution >= 4 is 5.91 Å². The molecule has 110 valence electrons. The molecule has 2 rings (SSSR count). The van der Waals surface area contributed by atoms with Crippen LogP contribution >= 0.6 is 0 Å². The Labute approximate surface area is 121 Å². The normalized spacial score (nSPS) is 17.2. The molecule has 3 N–H and O–H groups in total. The van der Waals surface area contributed by atoms with Crippen molar-refractivity contribution < 1.29 is 4.79 Å². The summed E-state index contributed by atoms with van der Waals surface area (Å²) in [5.41, 5.74) is 7.94. The standard InChI is InChI=1S/C16H25N3O/c1-2-13-3-5-14(6-4-13)11-18-15-7-9-19(10-8-15)12-16(17)20/h3-6,15,18H,2,7-12H2,1H3,(H2,17,20). The summed E-state index contributed by atoms with van der Waals surface area (Å²) in [6.45, 7) is 5.40. The van der Waals surface area contributed by atoms with Crippen molar-refractivity contribution in [1.29, 1.82) is 0 Å². The Morgan fingerprint density at radius 3 is 2.40 bits per heavy atom. The molecule has 1 fully saturated rings. The van der Waals surface area contributed by atoms with Crippen molar-refractivity contribution in [2.45, 2.75) is 38.8 Å². The van der Waals surface area contributed by atoms with Gasteiger partial charge in [-0.25, -0.2) is 0 Å². The molecule has 0 aliphatic carbocycles. The predicted molar refractivity (Wildman–Crippen MR) is 81.3 cm³/mol. The first kappa shape index (κ1) is 15.0. The quantitative estimate of drug-likeness (QED) is 0.822. The van der Waals surface area contributed by atoms with E-state index in [0.717, 1.165) is 38.9 Å². The fourth-order valence-electron chi connectivity index (χ4n) is 2.67. The summed E-state index contributed by atoms with van der Waals surface area (Å²) < 4.78 is 0. The number of benzene rings is 1. The minimum absolute atomic E-state index is 0.229. The highest BCUT2D eigenvalue weighted by Crippen LogP contribution is 2.11. The van der Waals surface area contributed by atoms with Gasteiger partial charge in [0.05, 0.1) is 6.54 Å². The third kappa shape index (κ3) is 4.62. The van der Waals surface area contributed by atoms with Gasteiger partial charge >= 0.3 is 0 Å². The van der Waals surface area contributed by atoms with Gasteiger partial charge in [0.1, 0.15) is 0 Å². The Morgan fingerprint density at radius 2 is 1.85 bits per heavy atom. The molecular formula is C16H25N3O. The lowest BCUT2D eigenvalue weighted by Crippen LogP contribution is -2.45. The third-order valence-electron chi connectivity index (χ3n) is 3.99. The molecular weight excluding hydrogens is 250 g/mol. The third-order valence-corrected chi connectivity index (χ3v) is 3.99. The molecule has 0 radical (unpaired) electrons. The maximum atomic E-state index is 10.9. The summed E-state index contributed by atoms with van der Waals surface area (Å²) in [5, 5.41) is 3.61. The van der Waals surface area contributed by atoms with Gasteiger partial charge in [0.25, 0.3) is 0 Å². The average molecular weight is 275 g/mol. The second kappa shape index (κ2) is 7.41. The minimum Gasteiger partial charge on any atom is -0.369 e. The van der Waals surface area contributed by atoms with Gasteiger partial charge in [-0.3, -0.25) is 9.69 Å². The Hall–Kier alpha value is -1.39. The van der Waals surface area contributed by atoms with E-state index in [0.29, 0.717) is 12.6 Å². The summed E-state index contributed by atoms with van der Waals surface area (Å²) in [6.07, 6.45) is 3.26. The largest absolute Gasteiger partial charge is 0.369 e. The molecule has 20 heavy (non-hydrogen) atoms. The van der Waals surface area contributed by atoms with Gasteiger partial charge in [-0.05, 0) is 30.4 Å². The van der Waals surface area contributed by atoms with Crippen molar-refractivity contribution in [3.05, 3.63) is 35.4 Å². The van der Waals surface area contributed by atoms with Gasteiger partial charge in [0, 0.05) is 25.7 Å². The number of nitrogens with zero attached hydrogens (tertiary/aromatic N) is 1. The number of nitrogens with one attached hydrogen (secondary N) is 1. The van der Waals surface area contributed by atoms with Gasteiger partial charge in [-0.15, -0.1) is 0 Å². The van der Waals surface area contributed by atoms with Gasteiger partial charge < -0.3 is 11.1 Å². The maximum absolute atomic E-state index is 10.9. The van der Waals surface area contributed by atoms with Crippen LogP contribution in [0.1, 0.15) is 30.9 Å². The molecule has 0 aromatic heterocycles. The molecule has 1 amide bonds. The monoisotopic (exact) mass is 275 g/mol. The summed E-state index contributed by atoms with van der Waals surface area (Å²) >= 11 is 0. The van der Waals surface area contributed by atoms with Crippen molar-refractivity contribution in [2.75, 3.05) is 19.6 Å². The van der Waals surface area contributed by atoms with Crippen LogP contribution in [0.5, 0.6) is 0 Å². The molecule has 0 atom stereocenters. The first-order chi connectivity index (χ1) is 9.67. The van der Waals surface area contributed by atoms with E-state index >= 15 is 0 Å². The second-order valence-corrected chi connectivity index (χ2v) is 5.57. The lowest BCUT2D eigenvalue weighted by atomic mass is 10.0. The molecule has 1 aromatic rings. The summed E-state index contributed by atoms with van der Waals surface area (Å²) in [7, 11) is 0. The molecule has 1 heterocycles. The number of hydrogen-bond donors (Lipinski definition) is 2. The van der Waals surface area contributed by atoms with E-state index < -0.39 is 0 Å². The number of primary amides is 1. The molecule has 0 spiro atoms. The molecule has 4 nitrogen and oxygen atoms in total. The Kier molecular flexibility index (Phi) is 5.56. The van der Waals surface area contributed by atoms with E-state index in [-0.39, 0.29) is 5.91 Å². The lowest BCUT2D eigenvalue weighted by Gasteiger charge is -2.31. The second-order valence-electron chi connectivity index (χ2n) is 5.57. The molecule has 1 aliphatic heterocycles. The number of carbonyl (C=O) groups excluding carboxylic acids is 1. The van der Waals surface area contributed by atoms with E-state index in [4.69, 9.17) is 5.73 Å². The fourth-order valence-corrected chi connectivity index (χ4v) is 2.67. The predicted octanol–water partition coefficient (Wildman–Crippen LogP) is 1.29. The van der Waals surface area contributed by atoms with Crippen LogP contribution in [0.25, 0.3) is 0 Å². The van der Waals surface area contributed by atoms with Crippen molar-refractivity contribution in [2.24, 2.45) is 5.73 Å². The van der Waals surface area contributed by atoms with Crippen LogP contribution in [0.3, 0.4) is 0 Å². The van der Waals surface area contributed by atoms with Crippen molar-refractivity contribution in [3.8, 4) is 0 Å². The molecule has 0 bridgehead atoms. The number of hydrogen-bond acceptors (Lipinski definition) is 3. The van der Waals surface area contributed by atoms with Crippen LogP contribution < -0.4 is 11.1 Å². The minimum atomic E-state index is -0.229. The van der Waals surface area contributed by atoms with Crippen molar-refractivity contribution in [3.63, 3.8) is 0 Å². The molecule has 0 unspecified atom stereocenters. The van der Waals surface area contributed by atoms with Gasteiger partial charge in [0.15, 0.2) is 0 Å². The zero-order chi connectivity index (χ0) is 14.4. The highest BCUT2D eigenvalue weighted by Gasteiger charge is 2.19. The Bertz CT molecular complexity index is 422. The zero-order valence-electron chi connectivity index (χ0n) is 12.3. The number of nitrogens with two attached hydrogens (primary N) is 1. The van der Waals surface area contributed by atoms with E-state index in [1.807, 2.05) is 0 Å². The Balaban J connectivity index is 1.71. The zero-order valence-corrected chi connectivity index (χ0v) is 12.3. The number of carbonyl (C=O) groups is 1. The van der Waals surface area contributed by atoms with E-state index in [1.165, 1.54) is 11.1 Å². The molecule has 1 saturated heterocycles. The van der Waals surface area contributed by atoms with E-state index in [1.54, 1.807) is 0 Å². The highest BCUT2D eigenvalue weighted by molar-refractivity contribution is 5.75. The Morgan fingerprint density at radius 1 is 1.25 bits per heavy atom. The smallest absolute Gasteiger partial charge is 0.231 e. The summed E-state index contributed by atoms with van der Waals surface area (Å²) in [6, 6.07) is 9.35. The number of piperidine rings is 1. The first-order valence-electron chi connectivity index (χ1n) is 7.49. The van der Waals surface area contributed by atoms with Crippen LogP contribution in [0.2, 0.25) is 0 Å². The van der Waals surface area contributed by atoms with E-state index in [2.05, 4.69) is 41.4 Å². The first-order valence-corrected chi connectivity index (χ1v) is 7.49. The van der Waals surface area contributed by atoms with Crippen LogP contribution in [0, 0.1) is 0 Å². The topological polar surface area (TPSA) is 58.4 Å². The number of likely N-dealkylation sites (tertiary alicyclic amines) is 1. The number of amides is 1. The van der Waals surface area contributed by atoms with Crippen molar-refractivity contribution in [1.82, 2.24) is 10.2 Å². The van der Waals surface area contributed by atoms with Crippen LogP contribution in [-0.2, 0) is 17.8 Å². The molecule has 1 aromatic carbocycles.